The van der Waals surface area contributed by atoms with Gasteiger partial charge in [0.15, 0.2) is 0 Å². The zero-order valence-electron chi connectivity index (χ0n) is 10.2. The van der Waals surface area contributed by atoms with E-state index in [9.17, 15) is 0 Å². The number of anilines is 2. The Morgan fingerprint density at radius 1 is 1.28 bits per heavy atom. The lowest BCUT2D eigenvalue weighted by Gasteiger charge is -2.06. The fraction of sp³-hybridized carbons (Fsp3) is 0.400. The van der Waals surface area contributed by atoms with Gasteiger partial charge in [-0.2, -0.15) is 20.1 Å². The zero-order valence-corrected chi connectivity index (χ0v) is 10.9. The molecule has 0 aliphatic carbocycles. The first-order valence-electron chi connectivity index (χ1n) is 5.49. The normalized spacial score (nSPS) is 10.4. The first-order valence-corrected chi connectivity index (χ1v) is 5.87. The summed E-state index contributed by atoms with van der Waals surface area (Å²) in [7, 11) is 3.64. The molecule has 0 saturated carbocycles. The smallest absolute Gasteiger partial charge is 0.228 e. The summed E-state index contributed by atoms with van der Waals surface area (Å²) < 4.78 is 1.83. The molecular weight excluding hydrogens is 254 g/mol. The summed E-state index contributed by atoms with van der Waals surface area (Å²) in [5, 5.41) is 10.2. The highest BCUT2D eigenvalue weighted by Crippen LogP contribution is 2.09. The van der Waals surface area contributed by atoms with Crippen molar-refractivity contribution >= 4 is 23.5 Å². The minimum atomic E-state index is 0.164. The Morgan fingerprint density at radius 3 is 2.72 bits per heavy atom. The van der Waals surface area contributed by atoms with Crippen molar-refractivity contribution in [1.29, 1.82) is 0 Å². The van der Waals surface area contributed by atoms with Gasteiger partial charge in [-0.1, -0.05) is 0 Å². The van der Waals surface area contributed by atoms with Crippen molar-refractivity contribution in [2.45, 2.75) is 6.42 Å². The predicted molar refractivity (Wildman–Crippen MR) is 69.8 cm³/mol. The number of rotatable bonds is 5. The number of nitrogens with one attached hydrogen (secondary N) is 2. The lowest BCUT2D eigenvalue weighted by atomic mass is 10.3. The molecule has 0 unspecified atom stereocenters. The third kappa shape index (κ3) is 3.07. The Hall–Kier alpha value is -1.89. The van der Waals surface area contributed by atoms with Crippen LogP contribution in [-0.2, 0) is 13.5 Å². The van der Waals surface area contributed by atoms with Gasteiger partial charge < -0.3 is 10.6 Å². The van der Waals surface area contributed by atoms with Gasteiger partial charge in [-0.15, -0.1) is 0 Å². The van der Waals surface area contributed by atoms with Gasteiger partial charge in [0.25, 0.3) is 0 Å². The van der Waals surface area contributed by atoms with Gasteiger partial charge in [-0.3, -0.25) is 4.68 Å². The van der Waals surface area contributed by atoms with Crippen LogP contribution >= 0.6 is 11.6 Å². The van der Waals surface area contributed by atoms with Crippen molar-refractivity contribution in [2.24, 2.45) is 7.05 Å². The number of nitrogens with zero attached hydrogens (tertiary/aromatic N) is 5. The molecule has 0 spiro atoms. The van der Waals surface area contributed by atoms with E-state index >= 15 is 0 Å². The first kappa shape index (κ1) is 12.6. The quantitative estimate of drug-likeness (QED) is 0.840. The Morgan fingerprint density at radius 2 is 2.06 bits per heavy atom. The van der Waals surface area contributed by atoms with Gasteiger partial charge in [-0.05, 0) is 17.7 Å². The summed E-state index contributed by atoms with van der Waals surface area (Å²) >= 11 is 5.78. The number of hydrogen-bond acceptors (Lipinski definition) is 6. The minimum absolute atomic E-state index is 0.164. The van der Waals surface area contributed by atoms with Crippen LogP contribution in [-0.4, -0.2) is 38.3 Å². The van der Waals surface area contributed by atoms with Crippen LogP contribution in [0, 0.1) is 0 Å². The third-order valence-corrected chi connectivity index (χ3v) is 2.59. The largest absolute Gasteiger partial charge is 0.357 e. The van der Waals surface area contributed by atoms with Crippen molar-refractivity contribution in [2.75, 3.05) is 24.2 Å². The van der Waals surface area contributed by atoms with Crippen LogP contribution in [0.1, 0.15) is 5.69 Å². The van der Waals surface area contributed by atoms with Crippen molar-refractivity contribution in [1.82, 2.24) is 24.7 Å². The molecule has 0 radical (unpaired) electrons. The van der Waals surface area contributed by atoms with Crippen molar-refractivity contribution < 1.29 is 0 Å². The average molecular weight is 268 g/mol. The maximum absolute atomic E-state index is 5.78. The lowest BCUT2D eigenvalue weighted by Crippen LogP contribution is -2.11. The third-order valence-electron chi connectivity index (χ3n) is 2.42. The Bertz CT molecular complexity index is 525. The molecule has 0 fully saturated rings. The van der Waals surface area contributed by atoms with Crippen molar-refractivity contribution in [3.05, 3.63) is 23.2 Å². The predicted octanol–water partition coefficient (Wildman–Crippen LogP) is 0.955. The maximum Gasteiger partial charge on any atom is 0.228 e. The highest BCUT2D eigenvalue weighted by atomic mass is 35.5. The Kier molecular flexibility index (Phi) is 3.93. The van der Waals surface area contributed by atoms with Gasteiger partial charge in [-0.25, -0.2) is 0 Å². The van der Waals surface area contributed by atoms with Gasteiger partial charge in [0.05, 0.1) is 0 Å². The summed E-state index contributed by atoms with van der Waals surface area (Å²) in [6, 6.07) is 1.97. The molecule has 18 heavy (non-hydrogen) atoms. The van der Waals surface area contributed by atoms with Crippen LogP contribution in [0.3, 0.4) is 0 Å². The maximum atomic E-state index is 5.78. The van der Waals surface area contributed by atoms with Crippen molar-refractivity contribution in [3.63, 3.8) is 0 Å². The molecule has 0 amide bonds. The molecule has 2 heterocycles. The standard InChI is InChI=1S/C10H14ClN7/c1-12-9-15-8(11)16-10(17-9)13-5-3-7-4-6-14-18(7)2/h4,6H,3,5H2,1-2H3,(H2,12,13,15,16,17). The van der Waals surface area contributed by atoms with E-state index < -0.39 is 0 Å². The summed E-state index contributed by atoms with van der Waals surface area (Å²) in [5.74, 6) is 0.902. The zero-order chi connectivity index (χ0) is 13.0. The Labute approximate surface area is 110 Å². The second-order valence-electron chi connectivity index (χ2n) is 3.62. The summed E-state index contributed by atoms with van der Waals surface area (Å²) in [6.45, 7) is 0.697. The van der Waals surface area contributed by atoms with Gasteiger partial charge in [0.2, 0.25) is 17.2 Å². The number of hydrogen-bond donors (Lipinski definition) is 2. The van der Waals surface area contributed by atoms with Crippen LogP contribution in [0.2, 0.25) is 5.28 Å². The number of aromatic nitrogens is 5. The van der Waals surface area contributed by atoms with Crippen LogP contribution in [0.25, 0.3) is 0 Å². The molecule has 2 aromatic heterocycles. The van der Waals surface area contributed by atoms with Crippen LogP contribution < -0.4 is 10.6 Å². The second kappa shape index (κ2) is 5.63. The topological polar surface area (TPSA) is 80.5 Å². The lowest BCUT2D eigenvalue weighted by molar-refractivity contribution is 0.710. The van der Waals surface area contributed by atoms with Crippen LogP contribution in [0.4, 0.5) is 11.9 Å². The van der Waals surface area contributed by atoms with E-state index in [0.717, 1.165) is 12.1 Å². The molecule has 96 valence electrons. The number of aryl methyl sites for hydroxylation is 1. The van der Waals surface area contributed by atoms with E-state index in [0.29, 0.717) is 18.4 Å². The highest BCUT2D eigenvalue weighted by molar-refractivity contribution is 6.28. The highest BCUT2D eigenvalue weighted by Gasteiger charge is 2.04. The van der Waals surface area contributed by atoms with E-state index in [1.54, 1.807) is 13.2 Å². The summed E-state index contributed by atoms with van der Waals surface area (Å²) in [5.41, 5.74) is 1.14. The molecule has 0 bridgehead atoms. The first-order chi connectivity index (χ1) is 8.69. The van der Waals surface area contributed by atoms with Gasteiger partial charge >= 0.3 is 0 Å². The molecular formula is C10H14ClN7. The van der Waals surface area contributed by atoms with E-state index in [-0.39, 0.29) is 5.28 Å². The van der Waals surface area contributed by atoms with E-state index in [2.05, 4.69) is 30.7 Å². The molecule has 0 aromatic carbocycles. The molecule has 0 atom stereocenters. The molecule has 2 N–H and O–H groups in total. The van der Waals surface area contributed by atoms with E-state index in [1.165, 1.54) is 0 Å². The van der Waals surface area contributed by atoms with Gasteiger partial charge in [0, 0.05) is 39.0 Å². The Balaban J connectivity index is 1.94. The van der Waals surface area contributed by atoms with Gasteiger partial charge in [0.1, 0.15) is 0 Å². The molecule has 2 rings (SSSR count). The molecule has 0 aliphatic heterocycles. The van der Waals surface area contributed by atoms with Crippen LogP contribution in [0.5, 0.6) is 0 Å². The molecule has 0 aliphatic rings. The molecule has 0 saturated heterocycles. The summed E-state index contributed by atoms with van der Waals surface area (Å²) in [4.78, 5) is 12.0. The summed E-state index contributed by atoms with van der Waals surface area (Å²) in [6.07, 6.45) is 2.60. The second-order valence-corrected chi connectivity index (χ2v) is 3.96. The fourth-order valence-corrected chi connectivity index (χ4v) is 1.65. The average Bonchev–Trinajstić information content (AvgIpc) is 2.74. The number of halogens is 1. The SMILES string of the molecule is CNc1nc(Cl)nc(NCCc2ccnn2C)n1. The minimum Gasteiger partial charge on any atom is -0.357 e. The molecule has 7 nitrogen and oxygen atoms in total. The van der Waals surface area contributed by atoms with Crippen LogP contribution in [0.15, 0.2) is 12.3 Å². The van der Waals surface area contributed by atoms with E-state index in [1.807, 2.05) is 17.8 Å². The van der Waals surface area contributed by atoms with Crippen molar-refractivity contribution in [3.8, 4) is 0 Å². The van der Waals surface area contributed by atoms with E-state index in [4.69, 9.17) is 11.6 Å². The molecule has 2 aromatic rings. The fourth-order valence-electron chi connectivity index (χ4n) is 1.49. The molecule has 8 heteroatoms. The monoisotopic (exact) mass is 267 g/mol.